The van der Waals surface area contributed by atoms with Crippen LogP contribution in [0.3, 0.4) is 0 Å². The summed E-state index contributed by atoms with van der Waals surface area (Å²) in [5.74, 6) is 2.29. The van der Waals surface area contributed by atoms with Gasteiger partial charge in [-0.25, -0.2) is 0 Å². The van der Waals surface area contributed by atoms with E-state index < -0.39 is 0 Å². The van der Waals surface area contributed by atoms with Crippen molar-refractivity contribution >= 4 is 41.3 Å². The van der Waals surface area contributed by atoms with E-state index in [1.54, 1.807) is 14.2 Å². The topological polar surface area (TPSA) is 54.9 Å². The van der Waals surface area contributed by atoms with Gasteiger partial charge in [0.25, 0.3) is 0 Å². The summed E-state index contributed by atoms with van der Waals surface area (Å²) in [5, 5.41) is 6.67. The number of thiophene rings is 1. The normalized spacial score (nSPS) is 10.8. The molecular weight excluding hydrogens is 461 g/mol. The highest BCUT2D eigenvalue weighted by atomic mass is 127. The maximum Gasteiger partial charge on any atom is 0.191 e. The predicted octanol–water partition coefficient (Wildman–Crippen LogP) is 4.20. The van der Waals surface area contributed by atoms with Gasteiger partial charge in [0.2, 0.25) is 0 Å². The molecule has 0 atom stereocenters. The van der Waals surface area contributed by atoms with Gasteiger partial charge in [-0.15, -0.1) is 35.3 Å². The molecule has 0 aliphatic heterocycles. The molecular formula is C19H28IN3O2S. The zero-order valence-corrected chi connectivity index (χ0v) is 18.9. The summed E-state index contributed by atoms with van der Waals surface area (Å²) in [4.78, 5) is 6.99. The average Bonchev–Trinajstić information content (AvgIpc) is 3.11. The van der Waals surface area contributed by atoms with E-state index in [1.165, 1.54) is 9.75 Å². The second-order valence-corrected chi connectivity index (χ2v) is 6.67. The number of nitrogens with one attached hydrogen (secondary N) is 2. The Balaban J connectivity index is 0.00000338. The fourth-order valence-corrected chi connectivity index (χ4v) is 3.28. The molecule has 0 spiro atoms. The second kappa shape index (κ2) is 12.0. The Morgan fingerprint density at radius 1 is 1.04 bits per heavy atom. The highest BCUT2D eigenvalue weighted by Gasteiger charge is 2.06. The van der Waals surface area contributed by atoms with Gasteiger partial charge in [-0.1, -0.05) is 13.0 Å². The predicted molar refractivity (Wildman–Crippen MR) is 120 cm³/mol. The van der Waals surface area contributed by atoms with Crippen LogP contribution in [-0.4, -0.2) is 26.7 Å². The Kier molecular flexibility index (Phi) is 10.4. The third-order valence-corrected chi connectivity index (χ3v) is 4.94. The molecule has 26 heavy (non-hydrogen) atoms. The van der Waals surface area contributed by atoms with E-state index in [0.717, 1.165) is 36.0 Å². The lowest BCUT2D eigenvalue weighted by Crippen LogP contribution is -2.36. The number of guanidine groups is 1. The van der Waals surface area contributed by atoms with Gasteiger partial charge in [-0.3, -0.25) is 4.99 Å². The van der Waals surface area contributed by atoms with Crippen LogP contribution < -0.4 is 20.1 Å². The van der Waals surface area contributed by atoms with Crippen LogP contribution >= 0.6 is 35.3 Å². The van der Waals surface area contributed by atoms with Gasteiger partial charge >= 0.3 is 0 Å². The zero-order valence-electron chi connectivity index (χ0n) is 15.8. The number of aliphatic imine (C=N–C) groups is 1. The van der Waals surface area contributed by atoms with Crippen LogP contribution in [0.5, 0.6) is 11.5 Å². The first-order chi connectivity index (χ1) is 12.2. The minimum atomic E-state index is 0. The van der Waals surface area contributed by atoms with Crippen LogP contribution in [0.15, 0.2) is 35.3 Å². The van der Waals surface area contributed by atoms with E-state index in [0.29, 0.717) is 13.2 Å². The van der Waals surface area contributed by atoms with Crippen LogP contribution in [0.4, 0.5) is 0 Å². The van der Waals surface area contributed by atoms with Gasteiger partial charge in [0.05, 0.1) is 20.3 Å². The molecule has 0 amide bonds. The molecule has 0 unspecified atom stereocenters. The molecule has 5 nitrogen and oxygen atoms in total. The number of halogens is 1. The quantitative estimate of drug-likeness (QED) is 0.332. The molecule has 0 bridgehead atoms. The van der Waals surface area contributed by atoms with Gasteiger partial charge in [0, 0.05) is 23.3 Å². The summed E-state index contributed by atoms with van der Waals surface area (Å²) in [5.41, 5.74) is 1.10. The average molecular weight is 489 g/mol. The van der Waals surface area contributed by atoms with Gasteiger partial charge in [-0.2, -0.15) is 0 Å². The van der Waals surface area contributed by atoms with E-state index in [-0.39, 0.29) is 24.0 Å². The summed E-state index contributed by atoms with van der Waals surface area (Å²) in [7, 11) is 3.43. The van der Waals surface area contributed by atoms with Crippen LogP contribution in [0, 0.1) is 0 Å². The first-order valence-corrected chi connectivity index (χ1v) is 9.33. The van der Waals surface area contributed by atoms with Crippen molar-refractivity contribution in [3.63, 3.8) is 0 Å². The van der Waals surface area contributed by atoms with Crippen molar-refractivity contribution in [1.29, 1.82) is 0 Å². The van der Waals surface area contributed by atoms with E-state index in [2.05, 4.69) is 34.7 Å². The number of rotatable bonds is 8. The third kappa shape index (κ3) is 6.68. The third-order valence-electron chi connectivity index (χ3n) is 3.71. The van der Waals surface area contributed by atoms with Crippen molar-refractivity contribution in [2.24, 2.45) is 4.99 Å². The summed E-state index contributed by atoms with van der Waals surface area (Å²) in [6.07, 6.45) is 1.08. The SMILES string of the molecule is CCOc1ccc(CNC(=NC)NCc2ccc(CC)s2)cc1OC.I. The van der Waals surface area contributed by atoms with Crippen LogP contribution in [0.1, 0.15) is 29.2 Å². The molecule has 0 aliphatic carbocycles. The van der Waals surface area contributed by atoms with E-state index in [1.807, 2.05) is 36.5 Å². The summed E-state index contributed by atoms with van der Waals surface area (Å²) >= 11 is 1.84. The monoisotopic (exact) mass is 489 g/mol. The molecule has 0 radical (unpaired) electrons. The van der Waals surface area contributed by atoms with Crippen molar-refractivity contribution in [1.82, 2.24) is 10.6 Å². The molecule has 2 rings (SSSR count). The molecule has 0 saturated heterocycles. The molecule has 144 valence electrons. The van der Waals surface area contributed by atoms with Crippen molar-refractivity contribution in [2.45, 2.75) is 33.4 Å². The molecule has 0 aliphatic rings. The first-order valence-electron chi connectivity index (χ1n) is 8.51. The van der Waals surface area contributed by atoms with Crippen molar-refractivity contribution < 1.29 is 9.47 Å². The number of methoxy groups -OCH3 is 1. The fraction of sp³-hybridized carbons (Fsp3) is 0.421. The lowest BCUT2D eigenvalue weighted by molar-refractivity contribution is 0.310. The molecule has 7 heteroatoms. The fourth-order valence-electron chi connectivity index (χ4n) is 2.38. The van der Waals surface area contributed by atoms with Crippen molar-refractivity contribution in [3.05, 3.63) is 45.6 Å². The zero-order chi connectivity index (χ0) is 18.1. The Morgan fingerprint density at radius 3 is 2.38 bits per heavy atom. The minimum absolute atomic E-state index is 0. The summed E-state index contributed by atoms with van der Waals surface area (Å²) in [6, 6.07) is 10.3. The molecule has 1 heterocycles. The van der Waals surface area contributed by atoms with Gasteiger partial charge in [0.1, 0.15) is 0 Å². The second-order valence-electron chi connectivity index (χ2n) is 5.42. The van der Waals surface area contributed by atoms with Crippen LogP contribution in [-0.2, 0) is 19.5 Å². The Bertz CT molecular complexity index is 704. The summed E-state index contributed by atoms with van der Waals surface area (Å²) < 4.78 is 10.9. The molecule has 1 aromatic carbocycles. The molecule has 0 saturated carbocycles. The van der Waals surface area contributed by atoms with E-state index in [9.17, 15) is 0 Å². The Hall–Kier alpha value is -1.48. The Morgan fingerprint density at radius 2 is 1.77 bits per heavy atom. The number of nitrogens with zero attached hydrogens (tertiary/aromatic N) is 1. The number of ether oxygens (including phenoxy) is 2. The van der Waals surface area contributed by atoms with Gasteiger partial charge in [0.15, 0.2) is 17.5 Å². The lowest BCUT2D eigenvalue weighted by atomic mass is 10.2. The highest BCUT2D eigenvalue weighted by molar-refractivity contribution is 14.0. The smallest absolute Gasteiger partial charge is 0.191 e. The molecule has 2 aromatic rings. The maximum absolute atomic E-state index is 5.55. The Labute approximate surface area is 177 Å². The number of aryl methyl sites for hydroxylation is 1. The standard InChI is InChI=1S/C19H27N3O2S.HI/c1-5-15-8-9-16(25-15)13-22-19(20-3)21-12-14-7-10-17(24-6-2)18(11-14)23-4;/h7-11H,5-6,12-13H2,1-4H3,(H2,20,21,22);1H. The molecule has 1 aromatic heterocycles. The van der Waals surface area contributed by atoms with Gasteiger partial charge < -0.3 is 20.1 Å². The molecule has 2 N–H and O–H groups in total. The largest absolute Gasteiger partial charge is 0.493 e. The van der Waals surface area contributed by atoms with Crippen LogP contribution in [0.25, 0.3) is 0 Å². The van der Waals surface area contributed by atoms with E-state index >= 15 is 0 Å². The number of hydrogen-bond donors (Lipinski definition) is 2. The lowest BCUT2D eigenvalue weighted by Gasteiger charge is -2.13. The summed E-state index contributed by atoms with van der Waals surface area (Å²) in [6.45, 7) is 6.19. The van der Waals surface area contributed by atoms with E-state index in [4.69, 9.17) is 9.47 Å². The van der Waals surface area contributed by atoms with Crippen molar-refractivity contribution in [2.75, 3.05) is 20.8 Å². The minimum Gasteiger partial charge on any atom is -0.493 e. The van der Waals surface area contributed by atoms with Gasteiger partial charge in [-0.05, 0) is 43.2 Å². The number of benzene rings is 1. The van der Waals surface area contributed by atoms with Crippen LogP contribution in [0.2, 0.25) is 0 Å². The maximum atomic E-state index is 5.55. The highest BCUT2D eigenvalue weighted by Crippen LogP contribution is 2.27. The molecule has 0 fully saturated rings. The first kappa shape index (κ1) is 22.6. The number of hydrogen-bond acceptors (Lipinski definition) is 4. The van der Waals surface area contributed by atoms with Crippen molar-refractivity contribution in [3.8, 4) is 11.5 Å².